The molecule has 0 saturated carbocycles. The molecule has 1 rings (SSSR count). The molecular formula is C12H22ClN5O. The normalized spacial score (nSPS) is 10.8. The Balaban J connectivity index is 2.73. The molecule has 0 spiro atoms. The highest BCUT2D eigenvalue weighted by atomic mass is 35.5. The van der Waals surface area contributed by atoms with E-state index in [0.29, 0.717) is 12.6 Å². The van der Waals surface area contributed by atoms with Crippen LogP contribution in [-0.2, 0) is 0 Å². The lowest BCUT2D eigenvalue weighted by molar-refractivity contribution is 0.311. The van der Waals surface area contributed by atoms with Gasteiger partial charge in [0.25, 0.3) is 0 Å². The van der Waals surface area contributed by atoms with Gasteiger partial charge in [0.1, 0.15) is 0 Å². The van der Waals surface area contributed by atoms with Crippen molar-refractivity contribution in [2.45, 2.75) is 20.3 Å². The van der Waals surface area contributed by atoms with Crippen LogP contribution in [0, 0.1) is 0 Å². The van der Waals surface area contributed by atoms with Crippen molar-refractivity contribution in [1.82, 2.24) is 19.9 Å². The molecule has 1 aromatic heterocycles. The summed E-state index contributed by atoms with van der Waals surface area (Å²) in [4.78, 5) is 16.6. The van der Waals surface area contributed by atoms with Gasteiger partial charge in [-0.15, -0.1) is 0 Å². The molecule has 6 nitrogen and oxygen atoms in total. The maximum absolute atomic E-state index is 5.89. The fraction of sp³-hybridized carbons (Fsp3) is 0.750. The summed E-state index contributed by atoms with van der Waals surface area (Å²) >= 11 is 5.89. The summed E-state index contributed by atoms with van der Waals surface area (Å²) < 4.78 is 5.28. The topological polar surface area (TPSA) is 54.4 Å². The van der Waals surface area contributed by atoms with Crippen LogP contribution >= 0.6 is 11.6 Å². The maximum atomic E-state index is 5.89. The number of aromatic nitrogens is 3. The summed E-state index contributed by atoms with van der Waals surface area (Å²) in [5, 5.41) is 0.166. The van der Waals surface area contributed by atoms with E-state index >= 15 is 0 Å². The van der Waals surface area contributed by atoms with Crippen LogP contribution in [0.25, 0.3) is 0 Å². The maximum Gasteiger partial charge on any atom is 0.322 e. The zero-order chi connectivity index (χ0) is 14.3. The van der Waals surface area contributed by atoms with Crippen LogP contribution < -0.4 is 9.64 Å². The van der Waals surface area contributed by atoms with Gasteiger partial charge in [0, 0.05) is 13.1 Å². The van der Waals surface area contributed by atoms with E-state index in [4.69, 9.17) is 16.3 Å². The van der Waals surface area contributed by atoms with Crippen molar-refractivity contribution < 1.29 is 4.74 Å². The highest BCUT2D eigenvalue weighted by Crippen LogP contribution is 2.15. The Morgan fingerprint density at radius 2 is 1.84 bits per heavy atom. The van der Waals surface area contributed by atoms with E-state index in [0.717, 1.165) is 26.1 Å². The summed E-state index contributed by atoms with van der Waals surface area (Å²) in [7, 11) is 4.12. The molecule has 0 saturated heterocycles. The second kappa shape index (κ2) is 8.12. The highest BCUT2D eigenvalue weighted by molar-refractivity contribution is 6.28. The molecule has 0 atom stereocenters. The van der Waals surface area contributed by atoms with Crippen molar-refractivity contribution in [1.29, 1.82) is 0 Å². The van der Waals surface area contributed by atoms with Crippen molar-refractivity contribution in [2.75, 3.05) is 45.2 Å². The Hall–Kier alpha value is -1.14. The summed E-state index contributed by atoms with van der Waals surface area (Å²) in [5.41, 5.74) is 0. The van der Waals surface area contributed by atoms with Crippen LogP contribution in [0.15, 0.2) is 0 Å². The van der Waals surface area contributed by atoms with Crippen molar-refractivity contribution >= 4 is 17.5 Å². The van der Waals surface area contributed by atoms with Crippen LogP contribution in [0.1, 0.15) is 20.3 Å². The quantitative estimate of drug-likeness (QED) is 0.725. The van der Waals surface area contributed by atoms with Gasteiger partial charge in [0.2, 0.25) is 11.2 Å². The van der Waals surface area contributed by atoms with E-state index in [1.54, 1.807) is 0 Å². The van der Waals surface area contributed by atoms with Gasteiger partial charge in [-0.2, -0.15) is 15.0 Å². The van der Waals surface area contributed by atoms with Crippen molar-refractivity contribution in [3.05, 3.63) is 5.28 Å². The number of halogens is 1. The second-order valence-electron chi connectivity index (χ2n) is 4.36. The van der Waals surface area contributed by atoms with Gasteiger partial charge in [-0.1, -0.05) is 0 Å². The van der Waals surface area contributed by atoms with E-state index < -0.39 is 0 Å². The Morgan fingerprint density at radius 1 is 1.11 bits per heavy atom. The first-order valence-electron chi connectivity index (χ1n) is 6.50. The third-order valence-electron chi connectivity index (χ3n) is 2.55. The molecular weight excluding hydrogens is 266 g/mol. The van der Waals surface area contributed by atoms with E-state index in [1.165, 1.54) is 0 Å². The van der Waals surface area contributed by atoms with Crippen molar-refractivity contribution in [3.63, 3.8) is 0 Å². The number of hydrogen-bond donors (Lipinski definition) is 0. The van der Waals surface area contributed by atoms with Crippen molar-refractivity contribution in [3.8, 4) is 6.01 Å². The number of rotatable bonds is 8. The predicted molar refractivity (Wildman–Crippen MR) is 77.1 cm³/mol. The van der Waals surface area contributed by atoms with Gasteiger partial charge in [-0.05, 0) is 52.5 Å². The molecule has 7 heteroatoms. The van der Waals surface area contributed by atoms with Gasteiger partial charge in [0.05, 0.1) is 6.61 Å². The smallest absolute Gasteiger partial charge is 0.322 e. The van der Waals surface area contributed by atoms with Crippen LogP contribution in [0.2, 0.25) is 5.28 Å². The molecule has 0 aliphatic carbocycles. The van der Waals surface area contributed by atoms with Gasteiger partial charge in [-0.25, -0.2) is 0 Å². The molecule has 0 amide bonds. The third-order valence-corrected chi connectivity index (χ3v) is 2.72. The SMILES string of the molecule is CCOc1nc(Cl)nc(N(CC)CCCN(C)C)n1. The van der Waals surface area contributed by atoms with Gasteiger partial charge in [0.15, 0.2) is 0 Å². The minimum absolute atomic E-state index is 0.166. The Morgan fingerprint density at radius 3 is 2.42 bits per heavy atom. The average Bonchev–Trinajstić information content (AvgIpc) is 2.34. The third kappa shape index (κ3) is 5.57. The summed E-state index contributed by atoms with van der Waals surface area (Å²) in [6, 6.07) is 0.281. The lowest BCUT2D eigenvalue weighted by Gasteiger charge is -2.21. The molecule has 1 aromatic rings. The first-order valence-corrected chi connectivity index (χ1v) is 6.88. The molecule has 0 aromatic carbocycles. The Kier molecular flexibility index (Phi) is 6.80. The average molecular weight is 288 g/mol. The lowest BCUT2D eigenvalue weighted by atomic mass is 10.3. The molecule has 0 aliphatic rings. The Bertz CT molecular complexity index is 388. The van der Waals surface area contributed by atoms with Gasteiger partial charge >= 0.3 is 6.01 Å². The highest BCUT2D eigenvalue weighted by Gasteiger charge is 2.12. The number of ether oxygens (including phenoxy) is 1. The molecule has 19 heavy (non-hydrogen) atoms. The van der Waals surface area contributed by atoms with E-state index in [1.807, 2.05) is 6.92 Å². The molecule has 0 fully saturated rings. The molecule has 0 unspecified atom stereocenters. The molecule has 108 valence electrons. The number of anilines is 1. The standard InChI is InChI=1S/C12H22ClN5O/c1-5-18(9-7-8-17(3)4)11-14-10(13)15-12(16-11)19-6-2/h5-9H2,1-4H3. The first-order chi connectivity index (χ1) is 9.06. The molecule has 0 aliphatic heterocycles. The van der Waals surface area contributed by atoms with Crippen molar-refractivity contribution in [2.24, 2.45) is 0 Å². The molecule has 0 radical (unpaired) electrons. The summed E-state index contributed by atoms with van der Waals surface area (Å²) in [6.07, 6.45) is 1.04. The number of nitrogens with zero attached hydrogens (tertiary/aromatic N) is 5. The monoisotopic (exact) mass is 287 g/mol. The predicted octanol–water partition coefficient (Wildman–Crippen LogP) is 1.70. The zero-order valence-corrected chi connectivity index (χ0v) is 12.8. The van der Waals surface area contributed by atoms with Crippen LogP contribution in [0.4, 0.5) is 5.95 Å². The summed E-state index contributed by atoms with van der Waals surface area (Å²) in [6.45, 7) is 7.17. The summed E-state index contributed by atoms with van der Waals surface area (Å²) in [5.74, 6) is 0.574. The largest absolute Gasteiger partial charge is 0.464 e. The number of hydrogen-bond acceptors (Lipinski definition) is 6. The fourth-order valence-electron chi connectivity index (χ4n) is 1.63. The van der Waals surface area contributed by atoms with E-state index in [2.05, 4.69) is 45.8 Å². The second-order valence-corrected chi connectivity index (χ2v) is 4.69. The van der Waals surface area contributed by atoms with Gasteiger partial charge < -0.3 is 14.5 Å². The molecule has 0 N–H and O–H groups in total. The fourth-order valence-corrected chi connectivity index (χ4v) is 1.78. The van der Waals surface area contributed by atoms with E-state index in [9.17, 15) is 0 Å². The molecule has 1 heterocycles. The lowest BCUT2D eigenvalue weighted by Crippen LogP contribution is -2.28. The van der Waals surface area contributed by atoms with Gasteiger partial charge in [-0.3, -0.25) is 0 Å². The van der Waals surface area contributed by atoms with E-state index in [-0.39, 0.29) is 11.3 Å². The Labute approximate surface area is 119 Å². The minimum atomic E-state index is 0.166. The zero-order valence-electron chi connectivity index (χ0n) is 12.1. The van der Waals surface area contributed by atoms with Crippen LogP contribution in [0.5, 0.6) is 6.01 Å². The first kappa shape index (κ1) is 15.9. The van der Waals surface area contributed by atoms with Crippen LogP contribution in [0.3, 0.4) is 0 Å². The molecule has 0 bridgehead atoms. The van der Waals surface area contributed by atoms with Crippen LogP contribution in [-0.4, -0.2) is 60.2 Å². The minimum Gasteiger partial charge on any atom is -0.464 e.